The summed E-state index contributed by atoms with van der Waals surface area (Å²) in [5.74, 6) is -0.232. The Bertz CT molecular complexity index is 1170. The van der Waals surface area contributed by atoms with Crippen LogP contribution >= 0.6 is 23.2 Å². The lowest BCUT2D eigenvalue weighted by atomic mass is 10.0. The Morgan fingerprint density at radius 2 is 1.52 bits per heavy atom. The van der Waals surface area contributed by atoms with Crippen LogP contribution in [0, 0.1) is 0 Å². The van der Waals surface area contributed by atoms with E-state index in [2.05, 4.69) is 5.32 Å². The zero-order chi connectivity index (χ0) is 22.0. The van der Waals surface area contributed by atoms with Crippen molar-refractivity contribution < 1.29 is 14.3 Å². The molecule has 0 saturated carbocycles. The molecule has 0 unspecified atom stereocenters. The van der Waals surface area contributed by atoms with Crippen molar-refractivity contribution in [1.29, 1.82) is 0 Å². The molecule has 3 aromatic carbocycles. The van der Waals surface area contributed by atoms with Gasteiger partial charge in [0.25, 0.3) is 11.8 Å². The number of hydrogen-bond donors (Lipinski definition) is 1. The molecular formula is C24H18Cl2N2O3. The van der Waals surface area contributed by atoms with Crippen molar-refractivity contribution in [2.24, 2.45) is 0 Å². The van der Waals surface area contributed by atoms with Crippen molar-refractivity contribution in [2.45, 2.75) is 6.92 Å². The Balaban J connectivity index is 1.78. The van der Waals surface area contributed by atoms with Crippen LogP contribution in [0.1, 0.15) is 12.5 Å². The number of nitrogens with one attached hydrogen (secondary N) is 1. The maximum Gasteiger partial charge on any atom is 0.282 e. The predicted octanol–water partition coefficient (Wildman–Crippen LogP) is 5.79. The van der Waals surface area contributed by atoms with Crippen LogP contribution in [0.5, 0.6) is 5.75 Å². The zero-order valence-electron chi connectivity index (χ0n) is 16.6. The summed E-state index contributed by atoms with van der Waals surface area (Å²) in [7, 11) is 0. The van der Waals surface area contributed by atoms with Crippen LogP contribution in [-0.4, -0.2) is 18.4 Å². The highest BCUT2D eigenvalue weighted by Gasteiger charge is 2.40. The van der Waals surface area contributed by atoms with Crippen molar-refractivity contribution >= 4 is 52.0 Å². The van der Waals surface area contributed by atoms with Gasteiger partial charge in [-0.15, -0.1) is 0 Å². The average Bonchev–Trinajstić information content (AvgIpc) is 3.00. The number of amides is 2. The van der Waals surface area contributed by atoms with E-state index in [4.69, 9.17) is 27.9 Å². The van der Waals surface area contributed by atoms with E-state index in [-0.39, 0.29) is 11.3 Å². The van der Waals surface area contributed by atoms with E-state index in [0.29, 0.717) is 39.3 Å². The molecule has 1 N–H and O–H groups in total. The molecule has 1 aliphatic rings. The first kappa shape index (κ1) is 21.0. The summed E-state index contributed by atoms with van der Waals surface area (Å²) in [4.78, 5) is 27.9. The molecule has 5 nitrogen and oxygen atoms in total. The fraction of sp³-hybridized carbons (Fsp3) is 0.0833. The van der Waals surface area contributed by atoms with Gasteiger partial charge in [-0.2, -0.15) is 0 Å². The van der Waals surface area contributed by atoms with E-state index in [0.717, 1.165) is 4.90 Å². The van der Waals surface area contributed by atoms with Crippen LogP contribution in [0.15, 0.2) is 78.5 Å². The summed E-state index contributed by atoms with van der Waals surface area (Å²) in [6.45, 7) is 2.41. The van der Waals surface area contributed by atoms with Crippen LogP contribution in [0.2, 0.25) is 10.0 Å². The van der Waals surface area contributed by atoms with Gasteiger partial charge < -0.3 is 10.1 Å². The van der Waals surface area contributed by atoms with Crippen molar-refractivity contribution in [3.05, 3.63) is 94.1 Å². The van der Waals surface area contributed by atoms with Gasteiger partial charge in [0, 0.05) is 21.8 Å². The summed E-state index contributed by atoms with van der Waals surface area (Å²) in [5, 5.41) is 4.17. The van der Waals surface area contributed by atoms with Crippen molar-refractivity contribution in [3.8, 4) is 5.75 Å². The molecule has 0 aliphatic carbocycles. The Morgan fingerprint density at radius 1 is 0.871 bits per heavy atom. The molecule has 31 heavy (non-hydrogen) atoms. The maximum absolute atomic E-state index is 13.4. The molecule has 0 saturated heterocycles. The molecule has 0 fully saturated rings. The smallest absolute Gasteiger partial charge is 0.282 e. The third kappa shape index (κ3) is 4.29. The molecule has 1 heterocycles. The number of carbonyl (C=O) groups excluding carboxylic acids is 2. The second kappa shape index (κ2) is 8.84. The summed E-state index contributed by atoms with van der Waals surface area (Å²) < 4.78 is 5.54. The minimum atomic E-state index is -0.459. The lowest BCUT2D eigenvalue weighted by molar-refractivity contribution is -0.120. The van der Waals surface area contributed by atoms with Gasteiger partial charge in [0.1, 0.15) is 11.4 Å². The Kier molecular flexibility index (Phi) is 5.98. The Morgan fingerprint density at radius 3 is 2.16 bits per heavy atom. The quantitative estimate of drug-likeness (QED) is 0.480. The standard InChI is InChI=1S/C24H18Cl2N2O3/c1-2-31-20-5-3-4-18(14-20)27-22-21(15-6-8-16(25)9-7-15)23(29)28(24(22)30)19-12-10-17(26)11-13-19/h3-14,27H,2H2,1H3. The topological polar surface area (TPSA) is 58.6 Å². The first-order chi connectivity index (χ1) is 15.0. The SMILES string of the molecule is CCOc1cccc(NC2=C(c3ccc(Cl)cc3)C(=O)N(c3ccc(Cl)cc3)C2=O)c1. The van der Waals surface area contributed by atoms with Crippen LogP contribution < -0.4 is 15.0 Å². The Hall–Kier alpha value is -3.28. The number of anilines is 2. The van der Waals surface area contributed by atoms with E-state index >= 15 is 0 Å². The molecule has 4 rings (SSSR count). The minimum Gasteiger partial charge on any atom is -0.494 e. The lowest BCUT2D eigenvalue weighted by Crippen LogP contribution is -2.32. The van der Waals surface area contributed by atoms with Gasteiger partial charge in [0.05, 0.1) is 17.9 Å². The van der Waals surface area contributed by atoms with Crippen LogP contribution in [0.4, 0.5) is 11.4 Å². The molecule has 0 aromatic heterocycles. The maximum atomic E-state index is 13.4. The Labute approximate surface area is 189 Å². The molecule has 0 atom stereocenters. The number of rotatable bonds is 6. The number of carbonyl (C=O) groups is 2. The molecule has 3 aromatic rings. The molecule has 1 aliphatic heterocycles. The highest BCUT2D eigenvalue weighted by atomic mass is 35.5. The first-order valence-electron chi connectivity index (χ1n) is 9.62. The number of ether oxygens (including phenoxy) is 1. The monoisotopic (exact) mass is 452 g/mol. The zero-order valence-corrected chi connectivity index (χ0v) is 18.1. The molecular weight excluding hydrogens is 435 g/mol. The van der Waals surface area contributed by atoms with Gasteiger partial charge in [0.2, 0.25) is 0 Å². The van der Waals surface area contributed by atoms with E-state index in [1.807, 2.05) is 19.1 Å². The van der Waals surface area contributed by atoms with E-state index < -0.39 is 11.8 Å². The van der Waals surface area contributed by atoms with Gasteiger partial charge in [-0.3, -0.25) is 9.59 Å². The number of hydrogen-bond acceptors (Lipinski definition) is 4. The van der Waals surface area contributed by atoms with Crippen molar-refractivity contribution in [3.63, 3.8) is 0 Å². The molecule has 156 valence electrons. The fourth-order valence-corrected chi connectivity index (χ4v) is 3.58. The molecule has 2 amide bonds. The first-order valence-corrected chi connectivity index (χ1v) is 10.4. The van der Waals surface area contributed by atoms with Crippen LogP contribution in [-0.2, 0) is 9.59 Å². The van der Waals surface area contributed by atoms with Crippen molar-refractivity contribution in [1.82, 2.24) is 0 Å². The van der Waals surface area contributed by atoms with Gasteiger partial charge in [0.15, 0.2) is 0 Å². The van der Waals surface area contributed by atoms with Gasteiger partial charge >= 0.3 is 0 Å². The normalized spacial score (nSPS) is 13.7. The lowest BCUT2D eigenvalue weighted by Gasteiger charge is -2.15. The van der Waals surface area contributed by atoms with Gasteiger partial charge in [-0.25, -0.2) is 4.90 Å². The third-order valence-electron chi connectivity index (χ3n) is 4.72. The van der Waals surface area contributed by atoms with E-state index in [1.54, 1.807) is 60.7 Å². The second-order valence-electron chi connectivity index (χ2n) is 6.76. The highest BCUT2D eigenvalue weighted by Crippen LogP contribution is 2.35. The molecule has 0 radical (unpaired) electrons. The van der Waals surface area contributed by atoms with E-state index in [9.17, 15) is 9.59 Å². The average molecular weight is 453 g/mol. The predicted molar refractivity (Wildman–Crippen MR) is 124 cm³/mol. The molecule has 0 spiro atoms. The van der Waals surface area contributed by atoms with Gasteiger partial charge in [-0.05, 0) is 61.0 Å². The fourth-order valence-electron chi connectivity index (χ4n) is 3.33. The summed E-state index contributed by atoms with van der Waals surface area (Å²) in [5.41, 5.74) is 2.09. The summed E-state index contributed by atoms with van der Waals surface area (Å²) in [6, 6.07) is 20.5. The largest absolute Gasteiger partial charge is 0.494 e. The van der Waals surface area contributed by atoms with Gasteiger partial charge in [-0.1, -0.05) is 41.4 Å². The number of imide groups is 1. The van der Waals surface area contributed by atoms with Crippen LogP contribution in [0.3, 0.4) is 0 Å². The molecule has 7 heteroatoms. The number of benzene rings is 3. The molecule has 0 bridgehead atoms. The summed E-state index contributed by atoms with van der Waals surface area (Å²) >= 11 is 12.0. The number of halogens is 2. The number of nitrogens with zero attached hydrogens (tertiary/aromatic N) is 1. The van der Waals surface area contributed by atoms with Crippen molar-refractivity contribution in [2.75, 3.05) is 16.8 Å². The second-order valence-corrected chi connectivity index (χ2v) is 7.64. The summed E-state index contributed by atoms with van der Waals surface area (Å²) in [6.07, 6.45) is 0. The third-order valence-corrected chi connectivity index (χ3v) is 5.22. The van der Waals surface area contributed by atoms with Crippen LogP contribution in [0.25, 0.3) is 5.57 Å². The van der Waals surface area contributed by atoms with E-state index in [1.165, 1.54) is 0 Å². The highest BCUT2D eigenvalue weighted by molar-refractivity contribution is 6.46. The minimum absolute atomic E-state index is 0.177.